The standard InChI is InChI=1S/C23H28N2O4S/c1-5-13(2)12-25-21(14-10-16(28-3)20(26)17(11-14)29-4)24-22-19(23(25)27)15-8-6-7-9-18(15)30-22/h10-11,13,26H,5-9,12H2,1-4H3. The minimum Gasteiger partial charge on any atom is -0.502 e. The number of aromatic nitrogens is 2. The molecule has 0 fully saturated rings. The van der Waals surface area contributed by atoms with Crippen LogP contribution in [-0.4, -0.2) is 28.9 Å². The molecule has 30 heavy (non-hydrogen) atoms. The molecule has 0 amide bonds. The second-order valence-corrected chi connectivity index (χ2v) is 9.07. The Bertz CT molecular complexity index is 1120. The highest BCUT2D eigenvalue weighted by Gasteiger charge is 2.24. The van der Waals surface area contributed by atoms with Gasteiger partial charge in [-0.1, -0.05) is 20.3 Å². The van der Waals surface area contributed by atoms with Gasteiger partial charge in [0.2, 0.25) is 5.75 Å². The number of benzene rings is 1. The van der Waals surface area contributed by atoms with Crippen LogP contribution in [0.5, 0.6) is 17.2 Å². The molecule has 0 spiro atoms. The number of hydrogen-bond donors (Lipinski definition) is 1. The van der Waals surface area contributed by atoms with Crippen molar-refractivity contribution in [3.8, 4) is 28.6 Å². The van der Waals surface area contributed by atoms with E-state index in [1.807, 2.05) is 0 Å². The maximum atomic E-state index is 13.7. The van der Waals surface area contributed by atoms with Gasteiger partial charge in [-0.15, -0.1) is 11.3 Å². The molecule has 1 unspecified atom stereocenters. The quantitative estimate of drug-likeness (QED) is 0.612. The number of aromatic hydroxyl groups is 1. The van der Waals surface area contributed by atoms with Crippen LogP contribution in [0.1, 0.15) is 43.6 Å². The number of methoxy groups -OCH3 is 2. The van der Waals surface area contributed by atoms with Gasteiger partial charge in [0.05, 0.1) is 19.6 Å². The molecule has 1 aromatic carbocycles. The monoisotopic (exact) mass is 428 g/mol. The average molecular weight is 429 g/mol. The van der Waals surface area contributed by atoms with Crippen molar-refractivity contribution in [3.05, 3.63) is 32.9 Å². The van der Waals surface area contributed by atoms with Crippen LogP contribution in [0.2, 0.25) is 0 Å². The molecule has 0 saturated heterocycles. The predicted octanol–water partition coefficient (Wildman–Crippen LogP) is 4.77. The van der Waals surface area contributed by atoms with Crippen molar-refractivity contribution in [3.63, 3.8) is 0 Å². The fraction of sp³-hybridized carbons (Fsp3) is 0.478. The fourth-order valence-corrected chi connectivity index (χ4v) is 5.34. The molecule has 2 aromatic heterocycles. The molecule has 1 aliphatic carbocycles. The van der Waals surface area contributed by atoms with Crippen molar-refractivity contribution in [2.45, 2.75) is 52.5 Å². The number of phenols is 1. The van der Waals surface area contributed by atoms with Crippen LogP contribution in [0.25, 0.3) is 21.6 Å². The third kappa shape index (κ3) is 3.45. The molecule has 4 rings (SSSR count). The molecule has 6 nitrogen and oxygen atoms in total. The van der Waals surface area contributed by atoms with Crippen molar-refractivity contribution >= 4 is 21.6 Å². The number of ether oxygens (including phenoxy) is 2. The third-order valence-electron chi connectivity index (χ3n) is 6.00. The molecule has 1 aliphatic rings. The van der Waals surface area contributed by atoms with Gasteiger partial charge < -0.3 is 14.6 Å². The minimum atomic E-state index is -0.0627. The highest BCUT2D eigenvalue weighted by Crippen LogP contribution is 2.41. The van der Waals surface area contributed by atoms with E-state index in [1.54, 1.807) is 28.0 Å². The van der Waals surface area contributed by atoms with E-state index in [0.29, 0.717) is 35.3 Å². The van der Waals surface area contributed by atoms with Crippen LogP contribution in [0.4, 0.5) is 0 Å². The summed E-state index contributed by atoms with van der Waals surface area (Å²) in [5.41, 5.74) is 1.92. The largest absolute Gasteiger partial charge is 0.502 e. The van der Waals surface area contributed by atoms with Gasteiger partial charge in [-0.3, -0.25) is 9.36 Å². The number of hydrogen-bond acceptors (Lipinski definition) is 6. The lowest BCUT2D eigenvalue weighted by molar-refractivity contribution is 0.340. The van der Waals surface area contributed by atoms with Crippen LogP contribution in [0.15, 0.2) is 16.9 Å². The zero-order chi connectivity index (χ0) is 21.4. The van der Waals surface area contributed by atoms with Gasteiger partial charge >= 0.3 is 0 Å². The smallest absolute Gasteiger partial charge is 0.262 e. The van der Waals surface area contributed by atoms with Crippen LogP contribution in [-0.2, 0) is 19.4 Å². The topological polar surface area (TPSA) is 73.6 Å². The average Bonchev–Trinajstić information content (AvgIpc) is 3.14. The molecule has 1 atom stereocenters. The number of rotatable bonds is 6. The Kier molecular flexibility index (Phi) is 5.73. The lowest BCUT2D eigenvalue weighted by atomic mass is 9.97. The predicted molar refractivity (Wildman–Crippen MR) is 120 cm³/mol. The van der Waals surface area contributed by atoms with E-state index in [-0.39, 0.29) is 11.3 Å². The van der Waals surface area contributed by atoms with Crippen molar-refractivity contribution in [1.82, 2.24) is 9.55 Å². The van der Waals surface area contributed by atoms with Crippen LogP contribution in [0, 0.1) is 5.92 Å². The SMILES string of the molecule is CCC(C)Cn1c(-c2cc(OC)c(O)c(OC)c2)nc2sc3c(c2c1=O)CCCC3. The second kappa shape index (κ2) is 8.30. The first-order valence-electron chi connectivity index (χ1n) is 10.5. The van der Waals surface area contributed by atoms with Crippen LogP contribution >= 0.6 is 11.3 Å². The summed E-state index contributed by atoms with van der Waals surface area (Å²) in [6, 6.07) is 3.43. The first-order chi connectivity index (χ1) is 14.5. The van der Waals surface area contributed by atoms with Crippen molar-refractivity contribution < 1.29 is 14.6 Å². The molecule has 0 radical (unpaired) electrons. The van der Waals surface area contributed by atoms with Gasteiger partial charge in [0.1, 0.15) is 10.7 Å². The number of aryl methyl sites for hydroxylation is 2. The molecular weight excluding hydrogens is 400 g/mol. The zero-order valence-corrected chi connectivity index (χ0v) is 18.8. The van der Waals surface area contributed by atoms with Gasteiger partial charge in [-0.05, 0) is 49.3 Å². The third-order valence-corrected chi connectivity index (χ3v) is 7.19. The summed E-state index contributed by atoms with van der Waals surface area (Å²) in [5.74, 6) is 1.44. The van der Waals surface area contributed by atoms with E-state index in [1.165, 1.54) is 31.1 Å². The molecule has 3 aromatic rings. The first kappa shape index (κ1) is 20.7. The fourth-order valence-electron chi connectivity index (χ4n) is 4.09. The Hall–Kier alpha value is -2.54. The van der Waals surface area contributed by atoms with Crippen LogP contribution in [0.3, 0.4) is 0 Å². The summed E-state index contributed by atoms with van der Waals surface area (Å²) in [6.07, 6.45) is 5.23. The summed E-state index contributed by atoms with van der Waals surface area (Å²) in [5, 5.41) is 11.1. The maximum absolute atomic E-state index is 13.7. The highest BCUT2D eigenvalue weighted by molar-refractivity contribution is 7.18. The summed E-state index contributed by atoms with van der Waals surface area (Å²) < 4.78 is 12.5. The van der Waals surface area contributed by atoms with E-state index in [0.717, 1.165) is 35.9 Å². The molecular formula is C23H28N2O4S. The number of thiophene rings is 1. The van der Waals surface area contributed by atoms with Crippen LogP contribution < -0.4 is 15.0 Å². The Morgan fingerprint density at radius 1 is 1.20 bits per heavy atom. The molecule has 2 heterocycles. The molecule has 160 valence electrons. The van der Waals surface area contributed by atoms with Crippen molar-refractivity contribution in [2.24, 2.45) is 5.92 Å². The molecule has 1 N–H and O–H groups in total. The lowest BCUT2D eigenvalue weighted by Crippen LogP contribution is -2.26. The van der Waals surface area contributed by atoms with Gasteiger partial charge in [0.15, 0.2) is 11.5 Å². The van der Waals surface area contributed by atoms with Crippen molar-refractivity contribution in [1.29, 1.82) is 0 Å². The normalized spacial score (nSPS) is 14.5. The Morgan fingerprint density at radius 3 is 2.50 bits per heavy atom. The Balaban J connectivity index is 2.01. The molecule has 0 aliphatic heterocycles. The Morgan fingerprint density at radius 2 is 1.87 bits per heavy atom. The number of fused-ring (bicyclic) bond motifs is 3. The molecule has 0 saturated carbocycles. The Labute approximate surface area is 180 Å². The summed E-state index contributed by atoms with van der Waals surface area (Å²) in [4.78, 5) is 20.8. The zero-order valence-electron chi connectivity index (χ0n) is 17.9. The summed E-state index contributed by atoms with van der Waals surface area (Å²) in [7, 11) is 2.99. The summed E-state index contributed by atoms with van der Waals surface area (Å²) in [6.45, 7) is 4.85. The lowest BCUT2D eigenvalue weighted by Gasteiger charge is -2.18. The van der Waals surface area contributed by atoms with Crippen molar-refractivity contribution in [2.75, 3.05) is 14.2 Å². The van der Waals surface area contributed by atoms with E-state index in [9.17, 15) is 9.90 Å². The first-order valence-corrected chi connectivity index (χ1v) is 11.3. The van der Waals surface area contributed by atoms with Gasteiger partial charge in [0, 0.05) is 17.0 Å². The van der Waals surface area contributed by atoms with E-state index in [4.69, 9.17) is 14.5 Å². The maximum Gasteiger partial charge on any atom is 0.262 e. The van der Waals surface area contributed by atoms with E-state index in [2.05, 4.69) is 13.8 Å². The van der Waals surface area contributed by atoms with Gasteiger partial charge in [0.25, 0.3) is 5.56 Å². The number of nitrogens with zero attached hydrogens (tertiary/aromatic N) is 2. The second-order valence-electron chi connectivity index (χ2n) is 7.99. The molecule has 7 heteroatoms. The van der Waals surface area contributed by atoms with Gasteiger partial charge in [-0.2, -0.15) is 0 Å². The highest BCUT2D eigenvalue weighted by atomic mass is 32.1. The minimum absolute atomic E-state index is 0.0284. The molecule has 0 bridgehead atoms. The summed E-state index contributed by atoms with van der Waals surface area (Å²) >= 11 is 1.64. The van der Waals surface area contributed by atoms with E-state index >= 15 is 0 Å². The van der Waals surface area contributed by atoms with E-state index < -0.39 is 0 Å². The van der Waals surface area contributed by atoms with Gasteiger partial charge in [-0.25, -0.2) is 4.98 Å². The number of phenolic OH excluding ortho intramolecular Hbond substituents is 1.